The van der Waals surface area contributed by atoms with Gasteiger partial charge in [0.2, 0.25) is 0 Å². The lowest BCUT2D eigenvalue weighted by Crippen LogP contribution is -2.31. The first-order valence-electron chi connectivity index (χ1n) is 7.47. The number of benzene rings is 1. The predicted molar refractivity (Wildman–Crippen MR) is 85.5 cm³/mol. The van der Waals surface area contributed by atoms with Crippen LogP contribution in [-0.4, -0.2) is 23.1 Å². The number of ether oxygens (including phenoxy) is 2. The number of hydrogen-bond donors (Lipinski definition) is 0. The van der Waals surface area contributed by atoms with Gasteiger partial charge in [-0.1, -0.05) is 30.3 Å². The minimum atomic E-state index is -0.657. The van der Waals surface area contributed by atoms with Crippen LogP contribution in [0.5, 0.6) is 0 Å². The highest BCUT2D eigenvalue weighted by Crippen LogP contribution is 2.25. The van der Waals surface area contributed by atoms with E-state index < -0.39 is 29.1 Å². The molecule has 0 N–H and O–H groups in total. The molecule has 0 saturated heterocycles. The van der Waals surface area contributed by atoms with Gasteiger partial charge in [-0.2, -0.15) is 0 Å². The van der Waals surface area contributed by atoms with Crippen molar-refractivity contribution in [2.45, 2.75) is 65.1 Å². The Hall–Kier alpha value is -1.84. The Morgan fingerprint density at radius 3 is 1.86 bits per heavy atom. The summed E-state index contributed by atoms with van der Waals surface area (Å²) in [4.78, 5) is 24.5. The predicted octanol–water partition coefficient (Wildman–Crippen LogP) is 3.84. The zero-order valence-corrected chi connectivity index (χ0v) is 14.3. The lowest BCUT2D eigenvalue weighted by atomic mass is 9.95. The summed E-state index contributed by atoms with van der Waals surface area (Å²) in [6, 6.07) is 9.17. The molecule has 122 valence electrons. The van der Waals surface area contributed by atoms with Gasteiger partial charge in [0.05, 0.1) is 12.3 Å². The maximum absolute atomic E-state index is 12.4. The monoisotopic (exact) mass is 306 g/mol. The van der Waals surface area contributed by atoms with Gasteiger partial charge in [0.25, 0.3) is 0 Å². The van der Waals surface area contributed by atoms with Crippen LogP contribution in [0.25, 0.3) is 0 Å². The SMILES string of the molecule is CC(C)(C)OC(=O)CC(C(=O)OC(C)(C)C)c1ccccc1. The molecule has 0 bridgehead atoms. The normalized spacial score (nSPS) is 13.4. The van der Waals surface area contributed by atoms with E-state index >= 15 is 0 Å². The molecule has 1 aromatic rings. The average molecular weight is 306 g/mol. The molecule has 0 aliphatic heterocycles. The second-order valence-electron chi connectivity index (χ2n) is 7.29. The molecular formula is C18H26O4. The molecule has 4 nitrogen and oxygen atoms in total. The van der Waals surface area contributed by atoms with E-state index in [1.807, 2.05) is 30.3 Å². The quantitative estimate of drug-likeness (QED) is 0.793. The average Bonchev–Trinajstić information content (AvgIpc) is 2.32. The molecule has 0 spiro atoms. The number of carbonyl (C=O) groups excluding carboxylic acids is 2. The molecule has 1 rings (SSSR count). The van der Waals surface area contributed by atoms with Crippen LogP contribution in [0.2, 0.25) is 0 Å². The Bertz CT molecular complexity index is 506. The number of esters is 2. The first-order valence-corrected chi connectivity index (χ1v) is 7.47. The molecule has 0 aromatic heterocycles. The molecule has 22 heavy (non-hydrogen) atoms. The lowest BCUT2D eigenvalue weighted by molar-refractivity contribution is -0.164. The van der Waals surface area contributed by atoms with Crippen LogP contribution in [0.3, 0.4) is 0 Å². The number of hydrogen-bond acceptors (Lipinski definition) is 4. The second kappa shape index (κ2) is 6.95. The Labute approximate surface area is 132 Å². The molecule has 0 radical (unpaired) electrons. The van der Waals surface area contributed by atoms with Gasteiger partial charge in [0, 0.05) is 0 Å². The Kier molecular flexibility index (Phi) is 5.75. The molecule has 1 aromatic carbocycles. The summed E-state index contributed by atoms with van der Waals surface area (Å²) in [5.41, 5.74) is -0.424. The van der Waals surface area contributed by atoms with E-state index in [0.717, 1.165) is 5.56 Å². The van der Waals surface area contributed by atoms with Gasteiger partial charge >= 0.3 is 11.9 Å². The van der Waals surface area contributed by atoms with Crippen molar-refractivity contribution in [1.82, 2.24) is 0 Å². The fraction of sp³-hybridized carbons (Fsp3) is 0.556. The van der Waals surface area contributed by atoms with Gasteiger partial charge in [-0.15, -0.1) is 0 Å². The Morgan fingerprint density at radius 1 is 0.909 bits per heavy atom. The third-order valence-corrected chi connectivity index (χ3v) is 2.68. The van der Waals surface area contributed by atoms with E-state index in [1.54, 1.807) is 41.5 Å². The molecule has 0 aliphatic rings. The van der Waals surface area contributed by atoms with E-state index in [0.29, 0.717) is 0 Å². The van der Waals surface area contributed by atoms with Gasteiger partial charge in [-0.05, 0) is 47.1 Å². The van der Waals surface area contributed by atoms with E-state index in [4.69, 9.17) is 9.47 Å². The smallest absolute Gasteiger partial charge is 0.314 e. The van der Waals surface area contributed by atoms with Crippen molar-refractivity contribution in [1.29, 1.82) is 0 Å². The molecule has 0 amide bonds. The molecule has 0 heterocycles. The topological polar surface area (TPSA) is 52.6 Å². The lowest BCUT2D eigenvalue weighted by Gasteiger charge is -2.25. The van der Waals surface area contributed by atoms with Crippen LogP contribution < -0.4 is 0 Å². The Balaban J connectivity index is 2.93. The van der Waals surface area contributed by atoms with Crippen LogP contribution in [0.15, 0.2) is 30.3 Å². The molecular weight excluding hydrogens is 280 g/mol. The minimum Gasteiger partial charge on any atom is -0.460 e. The fourth-order valence-electron chi connectivity index (χ4n) is 1.95. The van der Waals surface area contributed by atoms with Crippen LogP contribution in [-0.2, 0) is 19.1 Å². The highest BCUT2D eigenvalue weighted by molar-refractivity contribution is 5.84. The van der Waals surface area contributed by atoms with E-state index in [2.05, 4.69) is 0 Å². The van der Waals surface area contributed by atoms with Crippen LogP contribution in [0.4, 0.5) is 0 Å². The van der Waals surface area contributed by atoms with Crippen molar-refractivity contribution in [2.24, 2.45) is 0 Å². The van der Waals surface area contributed by atoms with Crippen LogP contribution in [0.1, 0.15) is 59.4 Å². The van der Waals surface area contributed by atoms with Crippen molar-refractivity contribution in [3.63, 3.8) is 0 Å². The molecule has 0 saturated carbocycles. The maximum Gasteiger partial charge on any atom is 0.314 e. The van der Waals surface area contributed by atoms with Crippen molar-refractivity contribution >= 4 is 11.9 Å². The maximum atomic E-state index is 12.4. The number of rotatable bonds is 4. The molecule has 1 atom stereocenters. The first-order chi connectivity index (χ1) is 9.98. The molecule has 1 unspecified atom stereocenters. The highest BCUT2D eigenvalue weighted by Gasteiger charge is 2.30. The molecule has 0 fully saturated rings. The van der Waals surface area contributed by atoms with E-state index in [9.17, 15) is 9.59 Å². The standard InChI is InChI=1S/C18H26O4/c1-17(2,3)21-15(19)12-14(13-10-8-7-9-11-13)16(20)22-18(4,5)6/h7-11,14H,12H2,1-6H3. The number of carbonyl (C=O) groups is 2. The zero-order valence-electron chi connectivity index (χ0n) is 14.3. The summed E-state index contributed by atoms with van der Waals surface area (Å²) in [5, 5.41) is 0. The Morgan fingerprint density at radius 2 is 1.41 bits per heavy atom. The van der Waals surface area contributed by atoms with Gasteiger partial charge < -0.3 is 9.47 Å². The van der Waals surface area contributed by atoms with E-state index in [1.165, 1.54) is 0 Å². The summed E-state index contributed by atoms with van der Waals surface area (Å²) in [6.07, 6.45) is -0.0316. The van der Waals surface area contributed by atoms with Crippen molar-refractivity contribution in [2.75, 3.05) is 0 Å². The van der Waals surface area contributed by atoms with Crippen LogP contribution >= 0.6 is 0 Å². The van der Waals surface area contributed by atoms with Gasteiger partial charge in [-0.3, -0.25) is 9.59 Å². The van der Waals surface area contributed by atoms with Crippen molar-refractivity contribution in [3.05, 3.63) is 35.9 Å². The fourth-order valence-corrected chi connectivity index (χ4v) is 1.95. The summed E-state index contributed by atoms with van der Waals surface area (Å²) in [6.45, 7) is 10.8. The van der Waals surface area contributed by atoms with Gasteiger partial charge in [0.15, 0.2) is 0 Å². The van der Waals surface area contributed by atoms with Crippen molar-refractivity contribution < 1.29 is 19.1 Å². The third-order valence-electron chi connectivity index (χ3n) is 2.68. The molecule has 4 heteroatoms. The second-order valence-corrected chi connectivity index (χ2v) is 7.29. The molecule has 0 aliphatic carbocycles. The highest BCUT2D eigenvalue weighted by atomic mass is 16.6. The van der Waals surface area contributed by atoms with E-state index in [-0.39, 0.29) is 6.42 Å². The van der Waals surface area contributed by atoms with Gasteiger partial charge in [-0.25, -0.2) is 0 Å². The first kappa shape index (κ1) is 18.2. The summed E-state index contributed by atoms with van der Waals surface area (Å²) in [7, 11) is 0. The largest absolute Gasteiger partial charge is 0.460 e. The van der Waals surface area contributed by atoms with Crippen molar-refractivity contribution in [3.8, 4) is 0 Å². The third kappa shape index (κ3) is 6.74. The summed E-state index contributed by atoms with van der Waals surface area (Å²) in [5.74, 6) is -1.48. The van der Waals surface area contributed by atoms with Crippen LogP contribution in [0, 0.1) is 0 Å². The minimum absolute atomic E-state index is 0.0316. The summed E-state index contributed by atoms with van der Waals surface area (Å²) < 4.78 is 10.8. The zero-order chi connectivity index (χ0) is 17.0. The summed E-state index contributed by atoms with van der Waals surface area (Å²) >= 11 is 0. The van der Waals surface area contributed by atoms with Gasteiger partial charge in [0.1, 0.15) is 11.2 Å².